The van der Waals surface area contributed by atoms with E-state index in [4.69, 9.17) is 28.2 Å². The van der Waals surface area contributed by atoms with E-state index in [1.54, 1.807) is 43.3 Å². The molecule has 1 fully saturated rings. The van der Waals surface area contributed by atoms with Crippen LogP contribution in [0.2, 0.25) is 5.02 Å². The van der Waals surface area contributed by atoms with Gasteiger partial charge in [-0.3, -0.25) is 19.8 Å². The molecule has 2 N–H and O–H groups in total. The quantitative estimate of drug-likeness (QED) is 0.317. The predicted molar refractivity (Wildman–Crippen MR) is 128 cm³/mol. The number of carbonyl (C=O) groups excluding carboxylic acids is 2. The van der Waals surface area contributed by atoms with E-state index in [1.807, 2.05) is 6.92 Å². The Labute approximate surface area is 199 Å². The van der Waals surface area contributed by atoms with E-state index in [9.17, 15) is 19.5 Å². The van der Waals surface area contributed by atoms with E-state index in [-0.39, 0.29) is 22.0 Å². The molecule has 0 radical (unpaired) electrons. The summed E-state index contributed by atoms with van der Waals surface area (Å²) in [4.78, 5) is 38.3. The summed E-state index contributed by atoms with van der Waals surface area (Å²) >= 11 is 11.4. The van der Waals surface area contributed by atoms with Gasteiger partial charge >= 0.3 is 5.97 Å². The van der Waals surface area contributed by atoms with Gasteiger partial charge in [0.1, 0.15) is 17.1 Å². The number of rotatable bonds is 4. The van der Waals surface area contributed by atoms with Crippen molar-refractivity contribution in [2.75, 3.05) is 4.90 Å². The van der Waals surface area contributed by atoms with Crippen LogP contribution >= 0.6 is 23.8 Å². The highest BCUT2D eigenvalue weighted by molar-refractivity contribution is 7.80. The molecule has 0 bridgehead atoms. The average molecular weight is 481 g/mol. The molecule has 1 aromatic heterocycles. The second kappa shape index (κ2) is 8.65. The first-order chi connectivity index (χ1) is 15.7. The van der Waals surface area contributed by atoms with Gasteiger partial charge in [-0.1, -0.05) is 23.7 Å². The third kappa shape index (κ3) is 4.18. The van der Waals surface area contributed by atoms with E-state index in [0.717, 1.165) is 5.56 Å². The number of furan rings is 1. The molecule has 33 heavy (non-hydrogen) atoms. The minimum Gasteiger partial charge on any atom is -0.478 e. The Kier molecular flexibility index (Phi) is 5.88. The topological polar surface area (TPSA) is 99.8 Å². The average Bonchev–Trinajstić information content (AvgIpc) is 3.22. The number of nitrogens with one attached hydrogen (secondary N) is 1. The van der Waals surface area contributed by atoms with Gasteiger partial charge in [-0.25, -0.2) is 4.79 Å². The van der Waals surface area contributed by atoms with Crippen LogP contribution in [0, 0.1) is 13.8 Å². The van der Waals surface area contributed by atoms with Crippen LogP contribution in [0.1, 0.15) is 27.2 Å². The van der Waals surface area contributed by atoms with Crippen LogP contribution in [-0.2, 0) is 9.59 Å². The summed E-state index contributed by atoms with van der Waals surface area (Å²) in [7, 11) is 0. The number of hydrogen-bond donors (Lipinski definition) is 2. The lowest BCUT2D eigenvalue weighted by Crippen LogP contribution is -2.54. The molecule has 7 nitrogen and oxygen atoms in total. The zero-order valence-electron chi connectivity index (χ0n) is 17.5. The Balaban J connectivity index is 1.72. The molecule has 2 amide bonds. The monoisotopic (exact) mass is 480 g/mol. The standard InChI is InChI=1S/C24H17ClN2O5S/c1-12-6-7-14(23(30)31)10-16(12)20-9-8-15(32-20)11-17-21(28)26-24(33)27(22(17)29)19-5-3-4-18(25)13(19)2/h3-11H,1-2H3,(H,30,31)(H,26,28,33)/b17-11-. The first-order valence-electron chi connectivity index (χ1n) is 9.78. The first-order valence-corrected chi connectivity index (χ1v) is 10.6. The number of halogens is 1. The summed E-state index contributed by atoms with van der Waals surface area (Å²) in [6.07, 6.45) is 1.33. The van der Waals surface area contributed by atoms with Gasteiger partial charge in [0.2, 0.25) is 0 Å². The normalized spacial score (nSPS) is 15.2. The number of carbonyl (C=O) groups is 3. The van der Waals surface area contributed by atoms with Crippen molar-refractivity contribution in [2.24, 2.45) is 0 Å². The molecule has 3 aromatic rings. The van der Waals surface area contributed by atoms with Gasteiger partial charge in [0, 0.05) is 10.6 Å². The van der Waals surface area contributed by atoms with Crippen molar-refractivity contribution < 1.29 is 23.9 Å². The van der Waals surface area contributed by atoms with Crippen LogP contribution in [0.15, 0.2) is 58.5 Å². The highest BCUT2D eigenvalue weighted by Crippen LogP contribution is 2.31. The molecular weight excluding hydrogens is 464 g/mol. The van der Waals surface area contributed by atoms with Crippen LogP contribution < -0.4 is 10.2 Å². The SMILES string of the molecule is Cc1ccc(C(=O)O)cc1-c1ccc(/C=C2/C(=O)NC(=S)N(c3cccc(Cl)c3C)C2=O)o1. The lowest BCUT2D eigenvalue weighted by atomic mass is 10.0. The van der Waals surface area contributed by atoms with Crippen molar-refractivity contribution in [3.63, 3.8) is 0 Å². The van der Waals surface area contributed by atoms with Crippen molar-refractivity contribution in [1.82, 2.24) is 5.32 Å². The number of hydrogen-bond acceptors (Lipinski definition) is 5. The van der Waals surface area contributed by atoms with Gasteiger partial charge in [-0.05, 0) is 79.7 Å². The molecule has 1 aliphatic rings. The number of thiocarbonyl (C=S) groups is 1. The lowest BCUT2D eigenvalue weighted by Gasteiger charge is -2.30. The summed E-state index contributed by atoms with van der Waals surface area (Å²) in [5, 5.41) is 12.2. The summed E-state index contributed by atoms with van der Waals surface area (Å²) in [5.74, 6) is -1.66. The highest BCUT2D eigenvalue weighted by atomic mass is 35.5. The molecule has 0 atom stereocenters. The van der Waals surface area contributed by atoms with E-state index in [0.29, 0.717) is 27.6 Å². The Morgan fingerprint density at radius 1 is 1.15 bits per heavy atom. The van der Waals surface area contributed by atoms with Crippen LogP contribution in [0.25, 0.3) is 17.4 Å². The number of aromatic carboxylic acids is 1. The molecular formula is C24H17ClN2O5S. The van der Waals surface area contributed by atoms with E-state index in [1.165, 1.54) is 23.1 Å². The second-order valence-electron chi connectivity index (χ2n) is 7.38. The summed E-state index contributed by atoms with van der Waals surface area (Å²) < 4.78 is 5.82. The maximum absolute atomic E-state index is 13.2. The van der Waals surface area contributed by atoms with Crippen molar-refractivity contribution in [3.8, 4) is 11.3 Å². The Morgan fingerprint density at radius 3 is 2.64 bits per heavy atom. The largest absolute Gasteiger partial charge is 0.478 e. The van der Waals surface area contributed by atoms with Crippen LogP contribution in [0.4, 0.5) is 5.69 Å². The van der Waals surface area contributed by atoms with Crippen molar-refractivity contribution in [3.05, 3.63) is 81.6 Å². The number of aryl methyl sites for hydroxylation is 1. The number of amides is 2. The zero-order chi connectivity index (χ0) is 23.9. The van der Waals surface area contributed by atoms with Crippen LogP contribution in [-0.4, -0.2) is 28.0 Å². The van der Waals surface area contributed by atoms with Gasteiger partial charge in [0.05, 0.1) is 11.3 Å². The number of nitrogens with zero attached hydrogens (tertiary/aromatic N) is 1. The molecule has 0 saturated carbocycles. The van der Waals surface area contributed by atoms with Crippen molar-refractivity contribution in [2.45, 2.75) is 13.8 Å². The van der Waals surface area contributed by atoms with E-state index >= 15 is 0 Å². The van der Waals surface area contributed by atoms with Gasteiger partial charge < -0.3 is 9.52 Å². The smallest absolute Gasteiger partial charge is 0.335 e. The van der Waals surface area contributed by atoms with Crippen LogP contribution in [0.3, 0.4) is 0 Å². The minimum atomic E-state index is -1.05. The summed E-state index contributed by atoms with van der Waals surface area (Å²) in [6, 6.07) is 13.0. The third-order valence-electron chi connectivity index (χ3n) is 5.25. The Bertz CT molecular complexity index is 1370. The number of carboxylic acid groups (broad SMARTS) is 1. The zero-order valence-corrected chi connectivity index (χ0v) is 19.1. The highest BCUT2D eigenvalue weighted by Gasteiger charge is 2.35. The summed E-state index contributed by atoms with van der Waals surface area (Å²) in [6.45, 7) is 3.58. The molecule has 1 aliphatic heterocycles. The van der Waals surface area contributed by atoms with Crippen LogP contribution in [0.5, 0.6) is 0 Å². The number of anilines is 1. The molecule has 4 rings (SSSR count). The van der Waals surface area contributed by atoms with Gasteiger partial charge in [-0.2, -0.15) is 0 Å². The maximum Gasteiger partial charge on any atom is 0.335 e. The second-order valence-corrected chi connectivity index (χ2v) is 8.17. The Morgan fingerprint density at radius 2 is 1.91 bits per heavy atom. The van der Waals surface area contributed by atoms with Crippen molar-refractivity contribution in [1.29, 1.82) is 0 Å². The Hall–Kier alpha value is -3.75. The van der Waals surface area contributed by atoms with Gasteiger partial charge in [-0.15, -0.1) is 0 Å². The molecule has 0 spiro atoms. The third-order valence-corrected chi connectivity index (χ3v) is 5.94. The molecule has 166 valence electrons. The van der Waals surface area contributed by atoms with Gasteiger partial charge in [0.25, 0.3) is 11.8 Å². The predicted octanol–water partition coefficient (Wildman–Crippen LogP) is 4.75. The van der Waals surface area contributed by atoms with E-state index in [2.05, 4.69) is 5.32 Å². The number of benzene rings is 2. The molecule has 2 heterocycles. The minimum absolute atomic E-state index is 0.0474. The maximum atomic E-state index is 13.2. The molecule has 0 unspecified atom stereocenters. The molecule has 2 aromatic carbocycles. The fourth-order valence-electron chi connectivity index (χ4n) is 3.45. The van der Waals surface area contributed by atoms with E-state index < -0.39 is 17.8 Å². The summed E-state index contributed by atoms with van der Waals surface area (Å²) in [5.41, 5.74) is 2.46. The lowest BCUT2D eigenvalue weighted by molar-refractivity contribution is -0.122. The molecule has 1 saturated heterocycles. The fraction of sp³-hybridized carbons (Fsp3) is 0.0833. The number of carboxylic acids is 1. The molecule has 0 aliphatic carbocycles. The van der Waals surface area contributed by atoms with Crippen molar-refractivity contribution >= 4 is 58.5 Å². The molecule has 9 heteroatoms. The van der Waals surface area contributed by atoms with Gasteiger partial charge in [0.15, 0.2) is 5.11 Å². The first kappa shape index (κ1) is 22.4. The fourth-order valence-corrected chi connectivity index (χ4v) is 3.90.